The molecule has 94 valence electrons. The van der Waals surface area contributed by atoms with Crippen molar-refractivity contribution in [2.75, 3.05) is 20.2 Å². The summed E-state index contributed by atoms with van der Waals surface area (Å²) in [4.78, 5) is 0. The van der Waals surface area contributed by atoms with Gasteiger partial charge in [-0.25, -0.2) is 0 Å². The molecule has 1 aliphatic rings. The molecule has 0 radical (unpaired) electrons. The van der Waals surface area contributed by atoms with E-state index in [1.807, 2.05) is 25.1 Å². The van der Waals surface area contributed by atoms with Crippen molar-refractivity contribution in [3.8, 4) is 5.75 Å². The second kappa shape index (κ2) is 5.52. The number of ether oxygens (including phenoxy) is 1. The van der Waals surface area contributed by atoms with Gasteiger partial charge in [-0.1, -0.05) is 11.6 Å². The normalized spacial score (nSPS) is 22.2. The highest BCUT2D eigenvalue weighted by molar-refractivity contribution is 5.38. The zero-order valence-electron chi connectivity index (χ0n) is 10.6. The Morgan fingerprint density at radius 1 is 1.47 bits per heavy atom. The number of piperidine rings is 1. The van der Waals surface area contributed by atoms with Gasteiger partial charge in [-0.05, 0) is 38.4 Å². The van der Waals surface area contributed by atoms with Crippen LogP contribution in [0.1, 0.15) is 30.1 Å². The molecule has 17 heavy (non-hydrogen) atoms. The van der Waals surface area contributed by atoms with Crippen LogP contribution < -0.4 is 10.1 Å². The van der Waals surface area contributed by atoms with Gasteiger partial charge in [-0.2, -0.15) is 0 Å². The zero-order chi connectivity index (χ0) is 12.3. The topological polar surface area (TPSA) is 41.5 Å². The van der Waals surface area contributed by atoms with Gasteiger partial charge in [0.15, 0.2) is 0 Å². The van der Waals surface area contributed by atoms with E-state index in [0.29, 0.717) is 5.92 Å². The van der Waals surface area contributed by atoms with Crippen molar-refractivity contribution in [2.24, 2.45) is 5.92 Å². The fourth-order valence-electron chi connectivity index (χ4n) is 2.49. The molecule has 3 nitrogen and oxygen atoms in total. The van der Waals surface area contributed by atoms with Crippen molar-refractivity contribution < 1.29 is 9.84 Å². The summed E-state index contributed by atoms with van der Waals surface area (Å²) in [5.74, 6) is 1.08. The van der Waals surface area contributed by atoms with Gasteiger partial charge >= 0.3 is 0 Å². The molecule has 3 heteroatoms. The minimum absolute atomic E-state index is 0.291. The van der Waals surface area contributed by atoms with E-state index in [0.717, 1.165) is 42.8 Å². The molecule has 1 aromatic carbocycles. The van der Waals surface area contributed by atoms with Crippen LogP contribution in [0.15, 0.2) is 18.2 Å². The van der Waals surface area contributed by atoms with Gasteiger partial charge in [0.25, 0.3) is 0 Å². The smallest absolute Gasteiger partial charge is 0.124 e. The van der Waals surface area contributed by atoms with Crippen LogP contribution in [0.3, 0.4) is 0 Å². The third kappa shape index (κ3) is 2.79. The molecule has 0 aliphatic carbocycles. The molecule has 1 aromatic rings. The van der Waals surface area contributed by atoms with Crippen molar-refractivity contribution >= 4 is 0 Å². The van der Waals surface area contributed by atoms with Crippen molar-refractivity contribution in [2.45, 2.75) is 25.9 Å². The minimum atomic E-state index is -0.433. The highest BCUT2D eigenvalue weighted by Crippen LogP contribution is 2.33. The number of methoxy groups -OCH3 is 1. The monoisotopic (exact) mass is 235 g/mol. The van der Waals surface area contributed by atoms with Gasteiger partial charge < -0.3 is 15.2 Å². The molecule has 0 aromatic heterocycles. The molecule has 0 spiro atoms. The molecule has 2 unspecified atom stereocenters. The molecular weight excluding hydrogens is 214 g/mol. The maximum absolute atomic E-state index is 10.5. The number of rotatable bonds is 3. The van der Waals surface area contributed by atoms with E-state index in [-0.39, 0.29) is 0 Å². The zero-order valence-corrected chi connectivity index (χ0v) is 10.6. The van der Waals surface area contributed by atoms with Crippen molar-refractivity contribution in [1.29, 1.82) is 0 Å². The Balaban J connectivity index is 2.21. The van der Waals surface area contributed by atoms with Crippen LogP contribution in [-0.4, -0.2) is 25.3 Å². The first-order chi connectivity index (χ1) is 8.22. The fraction of sp³-hybridized carbons (Fsp3) is 0.571. The van der Waals surface area contributed by atoms with E-state index in [1.54, 1.807) is 7.11 Å². The Morgan fingerprint density at radius 3 is 2.94 bits per heavy atom. The van der Waals surface area contributed by atoms with Crippen LogP contribution in [0, 0.1) is 12.8 Å². The molecule has 2 rings (SSSR count). The fourth-order valence-corrected chi connectivity index (χ4v) is 2.49. The molecule has 2 atom stereocenters. The molecule has 0 bridgehead atoms. The molecular formula is C14H21NO2. The second-order valence-corrected chi connectivity index (χ2v) is 4.80. The maximum Gasteiger partial charge on any atom is 0.124 e. The van der Waals surface area contributed by atoms with Crippen molar-refractivity contribution in [3.63, 3.8) is 0 Å². The van der Waals surface area contributed by atoms with Gasteiger partial charge in [0.1, 0.15) is 5.75 Å². The van der Waals surface area contributed by atoms with Crippen molar-refractivity contribution in [3.05, 3.63) is 29.3 Å². The summed E-state index contributed by atoms with van der Waals surface area (Å²) in [6.45, 7) is 3.99. The van der Waals surface area contributed by atoms with Gasteiger partial charge in [0, 0.05) is 18.0 Å². The Labute approximate surface area is 103 Å². The lowest BCUT2D eigenvalue weighted by Crippen LogP contribution is -2.33. The maximum atomic E-state index is 10.5. The largest absolute Gasteiger partial charge is 0.496 e. The summed E-state index contributed by atoms with van der Waals surface area (Å²) in [5.41, 5.74) is 2.07. The van der Waals surface area contributed by atoms with Crippen LogP contribution in [-0.2, 0) is 0 Å². The first kappa shape index (κ1) is 12.4. The number of nitrogens with one attached hydrogen (secondary N) is 1. The average Bonchev–Trinajstić information content (AvgIpc) is 2.39. The van der Waals surface area contributed by atoms with E-state index in [4.69, 9.17) is 4.74 Å². The molecule has 1 saturated heterocycles. The highest BCUT2D eigenvalue weighted by atomic mass is 16.5. The molecule has 2 N–H and O–H groups in total. The van der Waals surface area contributed by atoms with Crippen LogP contribution >= 0.6 is 0 Å². The van der Waals surface area contributed by atoms with Crippen LogP contribution in [0.2, 0.25) is 0 Å². The molecule has 0 saturated carbocycles. The number of aryl methyl sites for hydroxylation is 1. The Hall–Kier alpha value is -1.06. The minimum Gasteiger partial charge on any atom is -0.496 e. The van der Waals surface area contributed by atoms with E-state index in [1.165, 1.54) is 0 Å². The third-order valence-corrected chi connectivity index (χ3v) is 3.49. The predicted octanol–water partition coefficient (Wildman–Crippen LogP) is 2.04. The second-order valence-electron chi connectivity index (χ2n) is 4.80. The predicted molar refractivity (Wildman–Crippen MR) is 68.3 cm³/mol. The van der Waals surface area contributed by atoms with Gasteiger partial charge in [0.05, 0.1) is 13.2 Å². The summed E-state index contributed by atoms with van der Waals surface area (Å²) in [5, 5.41) is 13.8. The number of hydrogen-bond donors (Lipinski definition) is 2. The summed E-state index contributed by atoms with van der Waals surface area (Å²) in [7, 11) is 1.65. The van der Waals surface area contributed by atoms with E-state index < -0.39 is 6.10 Å². The highest BCUT2D eigenvalue weighted by Gasteiger charge is 2.25. The van der Waals surface area contributed by atoms with Gasteiger partial charge in [-0.15, -0.1) is 0 Å². The summed E-state index contributed by atoms with van der Waals surface area (Å²) < 4.78 is 5.33. The van der Waals surface area contributed by atoms with Crippen LogP contribution in [0.25, 0.3) is 0 Å². The number of hydrogen-bond acceptors (Lipinski definition) is 3. The van der Waals surface area contributed by atoms with Gasteiger partial charge in [-0.3, -0.25) is 0 Å². The Kier molecular flexibility index (Phi) is 4.02. The SMILES string of the molecule is COc1ccc(C)cc1C(O)C1CCCNC1. The lowest BCUT2D eigenvalue weighted by atomic mass is 9.88. The van der Waals surface area contributed by atoms with E-state index in [9.17, 15) is 5.11 Å². The van der Waals surface area contributed by atoms with Gasteiger partial charge in [0.2, 0.25) is 0 Å². The summed E-state index contributed by atoms with van der Waals surface area (Å²) >= 11 is 0. The van der Waals surface area contributed by atoms with E-state index >= 15 is 0 Å². The number of aliphatic hydroxyl groups excluding tert-OH is 1. The quantitative estimate of drug-likeness (QED) is 0.842. The summed E-state index contributed by atoms with van der Waals surface area (Å²) in [6, 6.07) is 5.97. The van der Waals surface area contributed by atoms with Crippen LogP contribution in [0.4, 0.5) is 0 Å². The molecule has 1 heterocycles. The number of benzene rings is 1. The third-order valence-electron chi connectivity index (χ3n) is 3.49. The molecule has 0 amide bonds. The van der Waals surface area contributed by atoms with E-state index in [2.05, 4.69) is 5.32 Å². The molecule has 1 fully saturated rings. The van der Waals surface area contributed by atoms with Crippen LogP contribution in [0.5, 0.6) is 5.75 Å². The summed E-state index contributed by atoms with van der Waals surface area (Å²) in [6.07, 6.45) is 1.78. The first-order valence-electron chi connectivity index (χ1n) is 6.25. The Bertz CT molecular complexity index is 372. The first-order valence-corrected chi connectivity index (χ1v) is 6.25. The molecule has 1 aliphatic heterocycles. The standard InChI is InChI=1S/C14H21NO2/c1-10-5-6-13(17-2)12(8-10)14(16)11-4-3-7-15-9-11/h5-6,8,11,14-16H,3-4,7,9H2,1-2H3. The number of aliphatic hydroxyl groups is 1. The lowest BCUT2D eigenvalue weighted by molar-refractivity contribution is 0.0896. The lowest BCUT2D eigenvalue weighted by Gasteiger charge is -2.28. The Morgan fingerprint density at radius 2 is 2.29 bits per heavy atom. The average molecular weight is 235 g/mol. The van der Waals surface area contributed by atoms with Crippen molar-refractivity contribution in [1.82, 2.24) is 5.32 Å².